The summed E-state index contributed by atoms with van der Waals surface area (Å²) >= 11 is 2.06. The van der Waals surface area contributed by atoms with Crippen molar-refractivity contribution >= 4 is 34.7 Å². The molecule has 0 radical (unpaired) electrons. The first-order valence-corrected chi connectivity index (χ1v) is 7.00. The first kappa shape index (κ1) is 14.5. The summed E-state index contributed by atoms with van der Waals surface area (Å²) in [5.41, 5.74) is 2.42. The van der Waals surface area contributed by atoms with Crippen LogP contribution in [0.5, 0.6) is 0 Å². The highest BCUT2D eigenvalue weighted by molar-refractivity contribution is 14.1. The van der Waals surface area contributed by atoms with Crippen LogP contribution in [0, 0.1) is 3.77 Å². The van der Waals surface area contributed by atoms with E-state index in [2.05, 4.69) is 33.1 Å². The molecular formula is C12H15IN2O4. The zero-order chi connectivity index (χ0) is 13.7. The van der Waals surface area contributed by atoms with Crippen molar-refractivity contribution in [3.63, 3.8) is 0 Å². The van der Waals surface area contributed by atoms with E-state index in [9.17, 15) is 4.79 Å². The lowest BCUT2D eigenvalue weighted by Crippen LogP contribution is -2.41. The molecule has 0 atom stereocenters. The van der Waals surface area contributed by atoms with Gasteiger partial charge in [0.1, 0.15) is 5.76 Å². The summed E-state index contributed by atoms with van der Waals surface area (Å²) in [6, 6.07) is 3.58. The molecule has 7 heteroatoms. The Balaban J connectivity index is 1.79. The van der Waals surface area contributed by atoms with Gasteiger partial charge in [0.15, 0.2) is 9.55 Å². The van der Waals surface area contributed by atoms with Crippen LogP contribution in [0.2, 0.25) is 0 Å². The van der Waals surface area contributed by atoms with Crippen molar-refractivity contribution in [2.45, 2.75) is 25.6 Å². The van der Waals surface area contributed by atoms with Crippen LogP contribution < -0.4 is 5.43 Å². The molecule has 0 saturated carbocycles. The van der Waals surface area contributed by atoms with E-state index < -0.39 is 5.79 Å². The van der Waals surface area contributed by atoms with Crippen LogP contribution in [0.4, 0.5) is 0 Å². The quantitative estimate of drug-likeness (QED) is 0.493. The highest BCUT2D eigenvalue weighted by Crippen LogP contribution is 2.21. The Bertz CT molecular complexity index is 466. The van der Waals surface area contributed by atoms with Gasteiger partial charge in [0.05, 0.1) is 25.8 Å². The van der Waals surface area contributed by atoms with Crippen LogP contribution in [0.1, 0.15) is 25.5 Å². The largest absolute Gasteiger partial charge is 0.449 e. The van der Waals surface area contributed by atoms with Gasteiger partial charge in [-0.15, -0.1) is 0 Å². The molecule has 1 N–H and O–H groups in total. The van der Waals surface area contributed by atoms with Gasteiger partial charge in [-0.25, -0.2) is 5.43 Å². The van der Waals surface area contributed by atoms with E-state index in [-0.39, 0.29) is 12.3 Å². The van der Waals surface area contributed by atoms with Crippen LogP contribution in [0.3, 0.4) is 0 Å². The summed E-state index contributed by atoms with van der Waals surface area (Å²) in [4.78, 5) is 11.7. The molecule has 1 fully saturated rings. The Kier molecular flexibility index (Phi) is 4.94. The maximum Gasteiger partial charge on any atom is 0.245 e. The van der Waals surface area contributed by atoms with E-state index in [1.807, 2.05) is 6.07 Å². The Morgan fingerprint density at radius 2 is 2.26 bits per heavy atom. The number of ether oxygens (including phenoxy) is 2. The van der Waals surface area contributed by atoms with Crippen molar-refractivity contribution in [1.82, 2.24) is 5.43 Å². The van der Waals surface area contributed by atoms with Crippen LogP contribution >= 0.6 is 22.6 Å². The van der Waals surface area contributed by atoms with Gasteiger partial charge in [0, 0.05) is 0 Å². The van der Waals surface area contributed by atoms with Crippen molar-refractivity contribution < 1.29 is 18.7 Å². The zero-order valence-corrected chi connectivity index (χ0v) is 12.7. The van der Waals surface area contributed by atoms with E-state index >= 15 is 0 Å². The van der Waals surface area contributed by atoms with E-state index in [1.165, 1.54) is 6.21 Å². The number of hydrogen-bond donors (Lipinski definition) is 1. The lowest BCUT2D eigenvalue weighted by molar-refractivity contribution is -0.256. The van der Waals surface area contributed by atoms with Gasteiger partial charge in [0.25, 0.3) is 0 Å². The summed E-state index contributed by atoms with van der Waals surface area (Å²) in [7, 11) is 0. The second kappa shape index (κ2) is 6.49. The molecule has 0 bridgehead atoms. The maximum atomic E-state index is 11.7. The normalized spacial score (nSPS) is 18.6. The lowest BCUT2D eigenvalue weighted by atomic mass is 10.2. The predicted molar refractivity (Wildman–Crippen MR) is 76.7 cm³/mol. The van der Waals surface area contributed by atoms with Gasteiger partial charge in [-0.3, -0.25) is 4.79 Å². The molecule has 1 aromatic rings. The molecule has 0 aromatic carbocycles. The molecule has 1 amide bonds. The van der Waals surface area contributed by atoms with Crippen LogP contribution in [-0.2, 0) is 14.3 Å². The number of rotatable bonds is 4. The van der Waals surface area contributed by atoms with Gasteiger partial charge in [-0.2, -0.15) is 5.10 Å². The zero-order valence-electron chi connectivity index (χ0n) is 10.5. The summed E-state index contributed by atoms with van der Waals surface area (Å²) in [5.74, 6) is -0.527. The van der Waals surface area contributed by atoms with E-state index in [1.54, 1.807) is 13.0 Å². The van der Waals surface area contributed by atoms with Gasteiger partial charge in [-0.1, -0.05) is 0 Å². The van der Waals surface area contributed by atoms with E-state index in [0.717, 1.165) is 10.2 Å². The number of amides is 1. The topological polar surface area (TPSA) is 73.1 Å². The monoisotopic (exact) mass is 378 g/mol. The number of carbonyl (C=O) groups excluding carboxylic acids is 1. The molecule has 1 aliphatic rings. The van der Waals surface area contributed by atoms with Crippen molar-refractivity contribution in [2.24, 2.45) is 5.10 Å². The maximum absolute atomic E-state index is 11.7. The smallest absolute Gasteiger partial charge is 0.245 e. The molecule has 0 unspecified atom stereocenters. The summed E-state index contributed by atoms with van der Waals surface area (Å²) in [6.45, 7) is 2.97. The lowest BCUT2D eigenvalue weighted by Gasteiger charge is -2.33. The van der Waals surface area contributed by atoms with Crippen molar-refractivity contribution in [1.29, 1.82) is 0 Å². The highest BCUT2D eigenvalue weighted by Gasteiger charge is 2.31. The molecule has 1 aliphatic heterocycles. The molecule has 6 nitrogen and oxygen atoms in total. The molecule has 104 valence electrons. The predicted octanol–water partition coefficient (Wildman–Crippen LogP) is 1.88. The standard InChI is InChI=1S/C12H15IN2O4/c1-12(17-5-2-6-18-12)7-11(16)15-14-8-9-3-4-10(13)19-9/h3-4,8H,2,5-7H2,1H3,(H,15,16)/b14-8-. The molecule has 19 heavy (non-hydrogen) atoms. The van der Waals surface area contributed by atoms with Gasteiger partial charge in [0.2, 0.25) is 5.91 Å². The fourth-order valence-electron chi connectivity index (χ4n) is 1.68. The number of halogens is 1. The van der Waals surface area contributed by atoms with E-state index in [4.69, 9.17) is 13.9 Å². The fraction of sp³-hybridized carbons (Fsp3) is 0.500. The Hall–Kier alpha value is -0.930. The number of carbonyl (C=O) groups is 1. The number of furan rings is 1. The number of nitrogens with one attached hydrogen (secondary N) is 1. The number of nitrogens with zero attached hydrogens (tertiary/aromatic N) is 1. The van der Waals surface area contributed by atoms with Crippen LogP contribution in [-0.4, -0.2) is 31.1 Å². The first-order valence-electron chi connectivity index (χ1n) is 5.93. The molecule has 2 heterocycles. The molecular weight excluding hydrogens is 363 g/mol. The minimum Gasteiger partial charge on any atom is -0.449 e. The van der Waals surface area contributed by atoms with Crippen molar-refractivity contribution in [3.05, 3.63) is 21.7 Å². The number of hydrogen-bond acceptors (Lipinski definition) is 5. The Morgan fingerprint density at radius 1 is 1.53 bits per heavy atom. The summed E-state index contributed by atoms with van der Waals surface area (Å²) in [5, 5.41) is 3.82. The highest BCUT2D eigenvalue weighted by atomic mass is 127. The third-order valence-electron chi connectivity index (χ3n) is 2.56. The average Bonchev–Trinajstić information content (AvgIpc) is 2.75. The average molecular weight is 378 g/mol. The van der Waals surface area contributed by atoms with E-state index in [0.29, 0.717) is 19.0 Å². The summed E-state index contributed by atoms with van der Waals surface area (Å²) < 4.78 is 16.9. The van der Waals surface area contributed by atoms with Crippen LogP contribution in [0.25, 0.3) is 0 Å². The minimum atomic E-state index is -0.849. The van der Waals surface area contributed by atoms with Crippen LogP contribution in [0.15, 0.2) is 21.7 Å². The summed E-state index contributed by atoms with van der Waals surface area (Å²) in [6.07, 6.45) is 2.41. The van der Waals surface area contributed by atoms with Gasteiger partial charge < -0.3 is 13.9 Å². The second-order valence-corrected chi connectivity index (χ2v) is 5.36. The fourth-order valence-corrected chi connectivity index (χ4v) is 2.11. The molecule has 0 spiro atoms. The minimum absolute atomic E-state index is 0.111. The SMILES string of the molecule is CC1(CC(=O)N/N=C\c2ccc(I)o2)OCCCO1. The Morgan fingerprint density at radius 3 is 2.89 bits per heavy atom. The molecule has 2 rings (SSSR count). The molecule has 1 saturated heterocycles. The molecule has 0 aliphatic carbocycles. The third-order valence-corrected chi connectivity index (χ3v) is 3.14. The molecule has 1 aromatic heterocycles. The number of hydrazone groups is 1. The van der Waals surface area contributed by atoms with Gasteiger partial charge >= 0.3 is 0 Å². The van der Waals surface area contributed by atoms with Crippen molar-refractivity contribution in [3.8, 4) is 0 Å². The first-order chi connectivity index (χ1) is 9.07. The second-order valence-electron chi connectivity index (χ2n) is 4.30. The third kappa shape index (κ3) is 4.59. The van der Waals surface area contributed by atoms with Gasteiger partial charge in [-0.05, 0) is 48.1 Å². The van der Waals surface area contributed by atoms with Crippen molar-refractivity contribution in [2.75, 3.05) is 13.2 Å². The Labute approximate surface area is 124 Å².